The first-order valence-corrected chi connectivity index (χ1v) is 3.26. The molecule has 1 aliphatic heterocycles. The van der Waals surface area contributed by atoms with Crippen LogP contribution < -0.4 is 0 Å². The largest absolute Gasteiger partial charge is 0.452 e. The molecule has 0 spiro atoms. The minimum Gasteiger partial charge on any atom is -0.452 e. The zero-order valence-corrected chi connectivity index (χ0v) is 6.57. The maximum absolute atomic E-state index is 10.9. The van der Waals surface area contributed by atoms with E-state index in [0.29, 0.717) is 5.70 Å². The molecule has 1 amide bonds. The first kappa shape index (κ1) is 7.78. The number of carbonyl (C=O) groups excluding carboxylic acids is 1. The number of amides is 1. The van der Waals surface area contributed by atoms with Crippen molar-refractivity contribution >= 4 is 12.4 Å². The molecule has 11 heavy (non-hydrogen) atoms. The van der Waals surface area contributed by atoms with Gasteiger partial charge in [-0.3, -0.25) is 4.99 Å². The molecule has 1 atom stereocenters. The van der Waals surface area contributed by atoms with E-state index >= 15 is 0 Å². The number of carbonyl (C=O) groups is 1. The molecule has 0 saturated heterocycles. The van der Waals surface area contributed by atoms with E-state index in [1.165, 1.54) is 18.3 Å². The molecule has 0 aromatic rings. The van der Waals surface area contributed by atoms with Crippen molar-refractivity contribution in [1.82, 2.24) is 4.90 Å². The number of rotatable bonds is 0. The molecule has 0 radical (unpaired) electrons. The Morgan fingerprint density at radius 3 is 2.91 bits per heavy atom. The van der Waals surface area contributed by atoms with Crippen molar-refractivity contribution in [3.8, 4) is 0 Å². The van der Waals surface area contributed by atoms with E-state index in [1.807, 2.05) is 6.92 Å². The summed E-state index contributed by atoms with van der Waals surface area (Å²) in [4.78, 5) is 16.2. The van der Waals surface area contributed by atoms with Gasteiger partial charge in [0, 0.05) is 5.70 Å². The van der Waals surface area contributed by atoms with Crippen molar-refractivity contribution in [3.63, 3.8) is 0 Å². The van der Waals surface area contributed by atoms with Crippen LogP contribution >= 0.6 is 0 Å². The summed E-state index contributed by atoms with van der Waals surface area (Å²) < 4.78 is 4.49. The molecular weight excluding hydrogens is 144 g/mol. The third kappa shape index (κ3) is 1.24. The quantitative estimate of drug-likeness (QED) is 0.522. The summed E-state index contributed by atoms with van der Waals surface area (Å²) in [6.45, 7) is 5.55. The summed E-state index contributed by atoms with van der Waals surface area (Å²) in [5, 5.41) is 0. The second kappa shape index (κ2) is 2.74. The Bertz CT molecular complexity index is 222. The van der Waals surface area contributed by atoms with Gasteiger partial charge in [-0.15, -0.1) is 0 Å². The average molecular weight is 154 g/mol. The van der Waals surface area contributed by atoms with Gasteiger partial charge in [0.05, 0.1) is 13.2 Å². The molecule has 1 heterocycles. The summed E-state index contributed by atoms with van der Waals surface area (Å²) in [7, 11) is 1.33. The summed E-state index contributed by atoms with van der Waals surface area (Å²) >= 11 is 0. The highest BCUT2D eigenvalue weighted by molar-refractivity contribution is 5.86. The Labute approximate surface area is 65.2 Å². The van der Waals surface area contributed by atoms with Gasteiger partial charge in [-0.2, -0.15) is 0 Å². The normalized spacial score (nSPS) is 22.5. The number of methoxy groups -OCH3 is 1. The van der Waals surface area contributed by atoms with Crippen LogP contribution in [0.5, 0.6) is 0 Å². The van der Waals surface area contributed by atoms with Crippen molar-refractivity contribution < 1.29 is 9.53 Å². The SMILES string of the molecule is C=C1C(C)N=CN1C(=O)OC. The first-order chi connectivity index (χ1) is 5.16. The molecular formula is C7H10N2O2. The van der Waals surface area contributed by atoms with Gasteiger partial charge in [-0.05, 0) is 6.92 Å². The van der Waals surface area contributed by atoms with Crippen LogP contribution in [0.4, 0.5) is 4.79 Å². The third-order valence-corrected chi connectivity index (χ3v) is 1.57. The Morgan fingerprint density at radius 1 is 1.91 bits per heavy atom. The zero-order chi connectivity index (χ0) is 8.43. The lowest BCUT2D eigenvalue weighted by Crippen LogP contribution is -2.26. The van der Waals surface area contributed by atoms with E-state index in [4.69, 9.17) is 0 Å². The highest BCUT2D eigenvalue weighted by Crippen LogP contribution is 2.15. The van der Waals surface area contributed by atoms with Crippen LogP contribution in [-0.4, -0.2) is 30.5 Å². The van der Waals surface area contributed by atoms with Crippen LogP contribution in [-0.2, 0) is 4.74 Å². The molecule has 0 fully saturated rings. The van der Waals surface area contributed by atoms with Crippen molar-refractivity contribution in [1.29, 1.82) is 0 Å². The Hall–Kier alpha value is -1.32. The van der Waals surface area contributed by atoms with Gasteiger partial charge in [-0.25, -0.2) is 9.69 Å². The van der Waals surface area contributed by atoms with Gasteiger partial charge in [0.1, 0.15) is 6.34 Å². The smallest absolute Gasteiger partial charge is 0.419 e. The van der Waals surface area contributed by atoms with E-state index in [9.17, 15) is 4.79 Å². The third-order valence-electron chi connectivity index (χ3n) is 1.57. The molecule has 0 aromatic heterocycles. The molecule has 1 rings (SSSR count). The van der Waals surface area contributed by atoms with Crippen LogP contribution in [0, 0.1) is 0 Å². The summed E-state index contributed by atoms with van der Waals surface area (Å²) in [5.41, 5.74) is 0.650. The standard InChI is InChI=1S/C7H10N2O2/c1-5-6(2)9(4-8-5)7(10)11-3/h4-5H,2H2,1,3H3. The van der Waals surface area contributed by atoms with Crippen molar-refractivity contribution in [2.75, 3.05) is 7.11 Å². The molecule has 1 aliphatic rings. The lowest BCUT2D eigenvalue weighted by molar-refractivity contribution is 0.155. The van der Waals surface area contributed by atoms with E-state index < -0.39 is 6.09 Å². The molecule has 0 bridgehead atoms. The van der Waals surface area contributed by atoms with Crippen LogP contribution in [0.2, 0.25) is 0 Å². The second-order valence-electron chi connectivity index (χ2n) is 2.27. The molecule has 60 valence electrons. The van der Waals surface area contributed by atoms with Gasteiger partial charge in [0.2, 0.25) is 0 Å². The second-order valence-corrected chi connectivity index (χ2v) is 2.27. The zero-order valence-electron chi connectivity index (χ0n) is 6.57. The Morgan fingerprint density at radius 2 is 2.55 bits per heavy atom. The molecule has 0 saturated carbocycles. The molecule has 1 unspecified atom stereocenters. The van der Waals surface area contributed by atoms with Crippen molar-refractivity contribution in [2.24, 2.45) is 4.99 Å². The fourth-order valence-corrected chi connectivity index (χ4v) is 0.791. The Kier molecular flexibility index (Phi) is 1.94. The van der Waals surface area contributed by atoms with Crippen LogP contribution in [0.15, 0.2) is 17.3 Å². The van der Waals surface area contributed by atoms with Gasteiger partial charge in [0.25, 0.3) is 0 Å². The molecule has 0 aromatic carbocycles. The number of aliphatic imine (C=N–C) groups is 1. The lowest BCUT2D eigenvalue weighted by Gasteiger charge is -2.12. The van der Waals surface area contributed by atoms with Crippen LogP contribution in [0.3, 0.4) is 0 Å². The van der Waals surface area contributed by atoms with Crippen LogP contribution in [0.1, 0.15) is 6.92 Å². The topological polar surface area (TPSA) is 41.9 Å². The number of hydrogen-bond acceptors (Lipinski definition) is 3. The number of hydrogen-bond donors (Lipinski definition) is 0. The lowest BCUT2D eigenvalue weighted by atomic mass is 10.3. The predicted molar refractivity (Wildman–Crippen MR) is 41.3 cm³/mol. The van der Waals surface area contributed by atoms with E-state index in [1.54, 1.807) is 0 Å². The van der Waals surface area contributed by atoms with Crippen molar-refractivity contribution in [3.05, 3.63) is 12.3 Å². The van der Waals surface area contributed by atoms with Gasteiger partial charge in [0.15, 0.2) is 0 Å². The summed E-state index contributed by atoms with van der Waals surface area (Å²) in [6, 6.07) is -0.0194. The maximum atomic E-state index is 10.9. The summed E-state index contributed by atoms with van der Waals surface area (Å²) in [6.07, 6.45) is 0.988. The van der Waals surface area contributed by atoms with E-state index in [2.05, 4.69) is 16.3 Å². The van der Waals surface area contributed by atoms with E-state index in [0.717, 1.165) is 0 Å². The predicted octanol–water partition coefficient (Wildman–Crippen LogP) is 0.999. The molecule has 4 heteroatoms. The van der Waals surface area contributed by atoms with Gasteiger partial charge >= 0.3 is 6.09 Å². The van der Waals surface area contributed by atoms with Crippen LogP contribution in [0.25, 0.3) is 0 Å². The monoisotopic (exact) mass is 154 g/mol. The molecule has 0 N–H and O–H groups in total. The minimum atomic E-state index is -0.442. The molecule has 0 aliphatic carbocycles. The first-order valence-electron chi connectivity index (χ1n) is 3.26. The van der Waals surface area contributed by atoms with Gasteiger partial charge < -0.3 is 4.74 Å². The highest BCUT2D eigenvalue weighted by atomic mass is 16.5. The average Bonchev–Trinajstić information content (AvgIpc) is 2.32. The fourth-order valence-electron chi connectivity index (χ4n) is 0.791. The number of ether oxygens (including phenoxy) is 1. The van der Waals surface area contributed by atoms with E-state index in [-0.39, 0.29) is 6.04 Å². The van der Waals surface area contributed by atoms with Gasteiger partial charge in [-0.1, -0.05) is 6.58 Å². The molecule has 4 nitrogen and oxygen atoms in total. The summed E-state index contributed by atoms with van der Waals surface area (Å²) in [5.74, 6) is 0. The van der Waals surface area contributed by atoms with Crippen molar-refractivity contribution in [2.45, 2.75) is 13.0 Å². The fraction of sp³-hybridized carbons (Fsp3) is 0.429. The highest BCUT2D eigenvalue weighted by Gasteiger charge is 2.23. The minimum absolute atomic E-state index is 0.0194. The Balaban J connectivity index is 2.70. The number of nitrogens with zero attached hydrogens (tertiary/aromatic N) is 2. The maximum Gasteiger partial charge on any atom is 0.419 e.